The van der Waals surface area contributed by atoms with Crippen LogP contribution in [0.25, 0.3) is 12.2 Å². The largest absolute Gasteiger partial charge is 0.486 e. The molecule has 1 N–H and O–H groups in total. The minimum atomic E-state index is -4.14. The lowest BCUT2D eigenvalue weighted by molar-refractivity contribution is -0.137. The zero-order chi connectivity index (χ0) is 27.3. The van der Waals surface area contributed by atoms with Gasteiger partial charge < -0.3 is 19.3 Å². The van der Waals surface area contributed by atoms with Gasteiger partial charge in [0.15, 0.2) is 4.90 Å². The second-order valence-corrected chi connectivity index (χ2v) is 10.3. The minimum absolute atomic E-state index is 0.0182. The number of fused-ring (bicyclic) bond motifs is 1. The highest BCUT2D eigenvalue weighted by atomic mass is 32.2. The summed E-state index contributed by atoms with van der Waals surface area (Å²) in [4.78, 5) is 15.5. The van der Waals surface area contributed by atoms with Crippen LogP contribution in [0.15, 0.2) is 47.5 Å². The first kappa shape index (κ1) is 27.0. The molecule has 12 heteroatoms. The number of rotatable bonds is 11. The van der Waals surface area contributed by atoms with E-state index in [0.717, 1.165) is 5.56 Å². The number of hydrogen-bond donors (Lipinski definition) is 1. The Labute approximate surface area is 221 Å². The van der Waals surface area contributed by atoms with Crippen LogP contribution in [0.1, 0.15) is 37.9 Å². The lowest BCUT2D eigenvalue weighted by Crippen LogP contribution is -2.43. The number of ether oxygens (including phenoxy) is 3. The third-order valence-corrected chi connectivity index (χ3v) is 7.63. The number of aryl methyl sites for hydroxylation is 1. The van der Waals surface area contributed by atoms with Gasteiger partial charge in [-0.05, 0) is 50.1 Å². The van der Waals surface area contributed by atoms with Crippen molar-refractivity contribution in [1.29, 1.82) is 0 Å². The first-order valence-electron chi connectivity index (χ1n) is 12.2. The highest BCUT2D eigenvalue weighted by molar-refractivity contribution is 7.93. The van der Waals surface area contributed by atoms with E-state index in [0.29, 0.717) is 29.6 Å². The number of methoxy groups -OCH3 is 1. The molecule has 4 rings (SSSR count). The molecule has 0 amide bonds. The molecule has 0 bridgehead atoms. The van der Waals surface area contributed by atoms with E-state index in [1.807, 2.05) is 25.1 Å². The highest BCUT2D eigenvalue weighted by Crippen LogP contribution is 2.40. The Balaban J connectivity index is 1.74. The van der Waals surface area contributed by atoms with Gasteiger partial charge in [0.2, 0.25) is 5.88 Å². The van der Waals surface area contributed by atoms with Crippen molar-refractivity contribution < 1.29 is 32.5 Å². The number of pyridine rings is 1. The van der Waals surface area contributed by atoms with E-state index >= 15 is 0 Å². The number of nitrogens with zero attached hydrogens (tertiary/aromatic N) is 4. The molecular weight excluding hydrogens is 512 g/mol. The predicted molar refractivity (Wildman–Crippen MR) is 141 cm³/mol. The second kappa shape index (κ2) is 11.5. The van der Waals surface area contributed by atoms with Gasteiger partial charge in [0.25, 0.3) is 15.9 Å². The van der Waals surface area contributed by atoms with Crippen molar-refractivity contribution in [3.05, 3.63) is 53.9 Å². The fourth-order valence-corrected chi connectivity index (χ4v) is 5.57. The maximum absolute atomic E-state index is 14.0. The van der Waals surface area contributed by atoms with Crippen LogP contribution in [0.2, 0.25) is 0 Å². The molecule has 1 aromatic carbocycles. The molecular formula is C26H30N4O7S. The molecule has 0 spiro atoms. The van der Waals surface area contributed by atoms with Gasteiger partial charge in [0.1, 0.15) is 11.9 Å². The van der Waals surface area contributed by atoms with Gasteiger partial charge in [-0.1, -0.05) is 18.2 Å². The van der Waals surface area contributed by atoms with Crippen LogP contribution in [-0.2, 0) is 21.4 Å². The van der Waals surface area contributed by atoms with Crippen molar-refractivity contribution in [2.75, 3.05) is 24.6 Å². The SMILES string of the molecule is CCOc1nn(CC)cc1S(=O)(=O)N1CC(CCC(=O)O)Oc2ccc(C=Cc3cccc(OC)n3)cc21. The molecule has 11 nitrogen and oxygen atoms in total. The van der Waals surface area contributed by atoms with E-state index in [-0.39, 0.29) is 36.8 Å². The Morgan fingerprint density at radius 1 is 1.24 bits per heavy atom. The van der Waals surface area contributed by atoms with Gasteiger partial charge >= 0.3 is 5.97 Å². The lowest BCUT2D eigenvalue weighted by Gasteiger charge is -2.35. The van der Waals surface area contributed by atoms with Crippen molar-refractivity contribution in [3.8, 4) is 17.5 Å². The monoisotopic (exact) mass is 542 g/mol. The quantitative estimate of drug-likeness (QED) is 0.385. The molecule has 0 saturated carbocycles. The summed E-state index contributed by atoms with van der Waals surface area (Å²) in [5.41, 5.74) is 1.73. The van der Waals surface area contributed by atoms with Crippen LogP contribution < -0.4 is 18.5 Å². The lowest BCUT2D eigenvalue weighted by atomic mass is 10.1. The summed E-state index contributed by atoms with van der Waals surface area (Å²) in [5, 5.41) is 13.4. The molecule has 1 aliphatic rings. The summed E-state index contributed by atoms with van der Waals surface area (Å²) in [5.74, 6) is -0.144. The minimum Gasteiger partial charge on any atom is -0.486 e. The van der Waals surface area contributed by atoms with Gasteiger partial charge in [-0.3, -0.25) is 13.8 Å². The number of sulfonamides is 1. The van der Waals surface area contributed by atoms with E-state index in [1.165, 1.54) is 15.2 Å². The zero-order valence-electron chi connectivity index (χ0n) is 21.4. The van der Waals surface area contributed by atoms with Crippen LogP contribution in [0, 0.1) is 0 Å². The van der Waals surface area contributed by atoms with E-state index in [9.17, 15) is 13.2 Å². The predicted octanol–water partition coefficient (Wildman–Crippen LogP) is 3.70. The Bertz CT molecular complexity index is 1440. The van der Waals surface area contributed by atoms with Gasteiger partial charge in [-0.15, -0.1) is 5.10 Å². The number of carboxylic acid groups (broad SMARTS) is 1. The zero-order valence-corrected chi connectivity index (χ0v) is 22.2. The smallest absolute Gasteiger partial charge is 0.303 e. The third kappa shape index (κ3) is 5.91. The first-order valence-corrected chi connectivity index (χ1v) is 13.6. The molecule has 1 aliphatic heterocycles. The molecule has 0 aliphatic carbocycles. The van der Waals surface area contributed by atoms with Crippen LogP contribution >= 0.6 is 0 Å². The van der Waals surface area contributed by atoms with Crippen LogP contribution in [-0.4, -0.2) is 60.6 Å². The van der Waals surface area contributed by atoms with Crippen LogP contribution in [0.4, 0.5) is 5.69 Å². The fourth-order valence-electron chi connectivity index (χ4n) is 3.99. The standard InChI is InChI=1S/C26H30N4O7S/c1-4-29-17-23(26(28-29)36-5-2)38(33,34)30-16-20(12-14-25(31)32)37-22-13-10-18(15-21(22)30)9-11-19-7-6-8-24(27-19)35-3/h6-11,13,15,17,20H,4-5,12,14,16H2,1-3H3,(H,31,32). The normalized spacial score (nSPS) is 15.2. The number of carbonyl (C=O) groups is 1. The van der Waals surface area contributed by atoms with E-state index in [4.69, 9.17) is 19.3 Å². The fraction of sp³-hybridized carbons (Fsp3) is 0.346. The number of hydrogen-bond acceptors (Lipinski definition) is 8. The number of anilines is 1. The number of aromatic nitrogens is 3. The highest BCUT2D eigenvalue weighted by Gasteiger charge is 2.37. The van der Waals surface area contributed by atoms with E-state index in [2.05, 4.69) is 10.1 Å². The van der Waals surface area contributed by atoms with Gasteiger partial charge in [0, 0.05) is 25.2 Å². The van der Waals surface area contributed by atoms with Crippen LogP contribution in [0.3, 0.4) is 0 Å². The molecule has 202 valence electrons. The molecule has 2 aromatic heterocycles. The molecule has 3 heterocycles. The van der Waals surface area contributed by atoms with E-state index in [1.54, 1.807) is 44.4 Å². The Morgan fingerprint density at radius 2 is 2.05 bits per heavy atom. The molecule has 1 unspecified atom stereocenters. The average Bonchev–Trinajstić information content (AvgIpc) is 3.34. The van der Waals surface area contributed by atoms with Crippen molar-refractivity contribution in [3.63, 3.8) is 0 Å². The topological polar surface area (TPSA) is 133 Å². The summed E-state index contributed by atoms with van der Waals surface area (Å²) in [6.45, 7) is 4.25. The molecule has 0 radical (unpaired) electrons. The molecule has 1 atom stereocenters. The summed E-state index contributed by atoms with van der Waals surface area (Å²) in [6.07, 6.45) is 4.40. The maximum Gasteiger partial charge on any atom is 0.303 e. The van der Waals surface area contributed by atoms with Gasteiger partial charge in [-0.2, -0.15) is 0 Å². The molecule has 0 saturated heterocycles. The van der Waals surface area contributed by atoms with E-state index < -0.39 is 22.1 Å². The first-order chi connectivity index (χ1) is 18.2. The van der Waals surface area contributed by atoms with Crippen LogP contribution in [0.5, 0.6) is 17.5 Å². The number of benzene rings is 1. The molecule has 38 heavy (non-hydrogen) atoms. The third-order valence-electron chi connectivity index (χ3n) is 5.87. The van der Waals surface area contributed by atoms with Crippen molar-refractivity contribution in [2.45, 2.75) is 44.2 Å². The van der Waals surface area contributed by atoms with Gasteiger partial charge in [0.05, 0.1) is 31.6 Å². The van der Waals surface area contributed by atoms with Crippen molar-refractivity contribution in [2.24, 2.45) is 0 Å². The molecule has 0 fully saturated rings. The Hall–Kier alpha value is -4.06. The second-order valence-electron chi connectivity index (χ2n) is 8.46. The average molecular weight is 543 g/mol. The van der Waals surface area contributed by atoms with Gasteiger partial charge in [-0.25, -0.2) is 13.4 Å². The number of aliphatic carboxylic acids is 1. The summed E-state index contributed by atoms with van der Waals surface area (Å²) in [7, 11) is -2.60. The van der Waals surface area contributed by atoms with Crippen molar-refractivity contribution >= 4 is 33.8 Å². The summed E-state index contributed by atoms with van der Waals surface area (Å²) in [6, 6.07) is 10.6. The Kier molecular flexibility index (Phi) is 8.20. The summed E-state index contributed by atoms with van der Waals surface area (Å²) < 4.78 is 47.5. The number of carboxylic acids is 1. The maximum atomic E-state index is 14.0. The Morgan fingerprint density at radius 3 is 2.76 bits per heavy atom. The van der Waals surface area contributed by atoms with Crippen molar-refractivity contribution in [1.82, 2.24) is 14.8 Å². The molecule has 3 aromatic rings. The summed E-state index contributed by atoms with van der Waals surface area (Å²) >= 11 is 0.